The largest absolute Gasteiger partial charge is 0.303 e. The van der Waals surface area contributed by atoms with Crippen molar-refractivity contribution < 1.29 is 4.79 Å². The van der Waals surface area contributed by atoms with E-state index in [0.717, 1.165) is 22.4 Å². The zero-order chi connectivity index (χ0) is 11.4. The van der Waals surface area contributed by atoms with Crippen LogP contribution in [0.5, 0.6) is 0 Å². The molecule has 0 aliphatic rings. The molecular weight excluding hydrogens is 218 g/mol. The summed E-state index contributed by atoms with van der Waals surface area (Å²) in [5, 5.41) is 0.621. The van der Waals surface area contributed by atoms with Gasteiger partial charge in [0.05, 0.1) is 5.69 Å². The summed E-state index contributed by atoms with van der Waals surface area (Å²) in [5.74, 6) is 2.51. The summed E-state index contributed by atoms with van der Waals surface area (Å²) in [6, 6.07) is 9.74. The Labute approximate surface area is 98.0 Å². The second-order valence-electron chi connectivity index (χ2n) is 3.17. The molecule has 0 N–H and O–H groups in total. The lowest BCUT2D eigenvalue weighted by Crippen LogP contribution is -1.86. The quantitative estimate of drug-likeness (QED) is 0.595. The van der Waals surface area contributed by atoms with Crippen LogP contribution in [0.25, 0.3) is 11.3 Å². The van der Waals surface area contributed by atoms with Crippen molar-refractivity contribution in [1.82, 2.24) is 4.98 Å². The van der Waals surface area contributed by atoms with Gasteiger partial charge >= 0.3 is 0 Å². The molecule has 1 heterocycles. The number of aldehydes is 1. The average Bonchev–Trinajstić information content (AvgIpc) is 2.74. The molecule has 0 aliphatic heterocycles. The number of terminal acetylenes is 1. The third-order valence-corrected chi connectivity index (χ3v) is 3.15. The first-order valence-electron chi connectivity index (χ1n) is 4.80. The number of thiazole rings is 1. The molecule has 0 atom stereocenters. The molecule has 2 nitrogen and oxygen atoms in total. The molecule has 2 rings (SSSR count). The fourth-order valence-electron chi connectivity index (χ4n) is 1.45. The number of nitrogens with zero attached hydrogens (tertiary/aromatic N) is 1. The maximum Gasteiger partial charge on any atom is 0.167 e. The van der Waals surface area contributed by atoms with Gasteiger partial charge < -0.3 is 4.79 Å². The summed E-state index contributed by atoms with van der Waals surface area (Å²) in [7, 11) is 0. The lowest BCUT2D eigenvalue weighted by Gasteiger charge is -1.98. The fourth-order valence-corrected chi connectivity index (χ4v) is 2.29. The molecule has 0 amide bonds. The smallest absolute Gasteiger partial charge is 0.167 e. The molecule has 2 aromatic rings. The van der Waals surface area contributed by atoms with Crippen LogP contribution in [0.1, 0.15) is 9.88 Å². The second kappa shape index (κ2) is 4.73. The predicted molar refractivity (Wildman–Crippen MR) is 65.3 cm³/mol. The minimum absolute atomic E-state index is 0.365. The van der Waals surface area contributed by atoms with Crippen LogP contribution in [0.4, 0.5) is 0 Å². The van der Waals surface area contributed by atoms with Gasteiger partial charge in [-0.1, -0.05) is 30.3 Å². The Balaban J connectivity index is 2.51. The maximum atomic E-state index is 10.6. The topological polar surface area (TPSA) is 30.0 Å². The fraction of sp³-hybridized carbons (Fsp3) is 0.0769. The second-order valence-corrected chi connectivity index (χ2v) is 4.26. The van der Waals surface area contributed by atoms with E-state index in [2.05, 4.69) is 10.9 Å². The number of hydrogen-bond donors (Lipinski definition) is 0. The molecule has 1 aromatic carbocycles. The number of hydrogen-bond acceptors (Lipinski definition) is 3. The van der Waals surface area contributed by atoms with Crippen molar-refractivity contribution in [2.45, 2.75) is 6.42 Å². The van der Waals surface area contributed by atoms with E-state index in [4.69, 9.17) is 6.42 Å². The summed E-state index contributed by atoms with van der Waals surface area (Å²) in [5.41, 5.74) is 1.82. The van der Waals surface area contributed by atoms with Gasteiger partial charge in [-0.05, 0) is 5.92 Å². The molecule has 16 heavy (non-hydrogen) atoms. The lowest BCUT2D eigenvalue weighted by molar-refractivity contribution is -0.107. The van der Waals surface area contributed by atoms with Crippen LogP contribution in [-0.4, -0.2) is 11.3 Å². The average molecular weight is 227 g/mol. The van der Waals surface area contributed by atoms with E-state index in [-0.39, 0.29) is 0 Å². The van der Waals surface area contributed by atoms with E-state index < -0.39 is 0 Å². The zero-order valence-electron chi connectivity index (χ0n) is 8.51. The molecule has 0 spiro atoms. The van der Waals surface area contributed by atoms with Gasteiger partial charge in [0, 0.05) is 16.9 Å². The van der Waals surface area contributed by atoms with Gasteiger partial charge in [-0.3, -0.25) is 0 Å². The third-order valence-electron chi connectivity index (χ3n) is 2.14. The highest BCUT2D eigenvalue weighted by Gasteiger charge is 2.11. The first kappa shape index (κ1) is 10.6. The number of benzene rings is 1. The molecule has 0 radical (unpaired) electrons. The minimum atomic E-state index is 0.365. The Bertz CT molecular complexity index is 537. The van der Waals surface area contributed by atoms with Crippen LogP contribution in [-0.2, 0) is 11.2 Å². The summed E-state index contributed by atoms with van der Waals surface area (Å²) in [6.45, 7) is 0. The zero-order valence-corrected chi connectivity index (χ0v) is 9.33. The van der Waals surface area contributed by atoms with Gasteiger partial charge in [-0.25, -0.2) is 4.98 Å². The van der Waals surface area contributed by atoms with Gasteiger partial charge in [0.15, 0.2) is 5.01 Å². The van der Waals surface area contributed by atoms with Crippen LogP contribution < -0.4 is 0 Å². The molecule has 3 heteroatoms. The Hall–Kier alpha value is -1.92. The number of carbonyl (C=O) groups is 1. The van der Waals surface area contributed by atoms with Gasteiger partial charge in [0.25, 0.3) is 0 Å². The van der Waals surface area contributed by atoms with Gasteiger partial charge in [0.2, 0.25) is 0 Å². The molecule has 78 valence electrons. The summed E-state index contributed by atoms with van der Waals surface area (Å²) < 4.78 is 0. The van der Waals surface area contributed by atoms with Crippen molar-refractivity contribution >= 4 is 17.6 Å². The van der Waals surface area contributed by atoms with Crippen molar-refractivity contribution in [2.75, 3.05) is 0 Å². The number of carbonyl (C=O) groups excluding carboxylic acids is 1. The molecule has 1 aromatic heterocycles. The highest BCUT2D eigenvalue weighted by molar-refractivity contribution is 7.12. The van der Waals surface area contributed by atoms with Crippen LogP contribution in [0.15, 0.2) is 30.3 Å². The van der Waals surface area contributed by atoms with Gasteiger partial charge in [0.1, 0.15) is 6.29 Å². The number of rotatable bonds is 3. The third kappa shape index (κ3) is 2.02. The maximum absolute atomic E-state index is 10.6. The molecule has 0 saturated heterocycles. The monoisotopic (exact) mass is 227 g/mol. The van der Waals surface area contributed by atoms with Crippen molar-refractivity contribution in [2.24, 2.45) is 0 Å². The summed E-state index contributed by atoms with van der Waals surface area (Å²) in [6.07, 6.45) is 6.56. The Morgan fingerprint density at radius 1 is 1.38 bits per heavy atom. The summed E-state index contributed by atoms with van der Waals surface area (Å²) >= 11 is 1.40. The van der Waals surface area contributed by atoms with Crippen LogP contribution in [0.2, 0.25) is 0 Å². The SMILES string of the molecule is C#Cc1nc(-c2ccccc2)c(CC=O)s1. The molecule has 0 fully saturated rings. The molecule has 0 bridgehead atoms. The Morgan fingerprint density at radius 3 is 2.75 bits per heavy atom. The van der Waals surface area contributed by atoms with E-state index in [0.29, 0.717) is 11.4 Å². The van der Waals surface area contributed by atoms with E-state index in [1.165, 1.54) is 11.3 Å². The van der Waals surface area contributed by atoms with Crippen molar-refractivity contribution in [3.8, 4) is 23.6 Å². The normalized spacial score (nSPS) is 9.69. The van der Waals surface area contributed by atoms with Crippen molar-refractivity contribution in [3.63, 3.8) is 0 Å². The lowest BCUT2D eigenvalue weighted by atomic mass is 10.1. The van der Waals surface area contributed by atoms with Crippen LogP contribution >= 0.6 is 11.3 Å². The van der Waals surface area contributed by atoms with Crippen LogP contribution in [0, 0.1) is 12.3 Å². The molecule has 0 aliphatic carbocycles. The van der Waals surface area contributed by atoms with E-state index in [9.17, 15) is 4.79 Å². The Morgan fingerprint density at radius 2 is 2.12 bits per heavy atom. The highest BCUT2D eigenvalue weighted by atomic mass is 32.1. The first-order valence-corrected chi connectivity index (χ1v) is 5.62. The molecular formula is C13H9NOS. The highest BCUT2D eigenvalue weighted by Crippen LogP contribution is 2.27. The standard InChI is InChI=1S/C13H9NOS/c1-2-12-14-13(11(16-12)8-9-15)10-6-4-3-5-7-10/h1,3-7,9H,8H2. The number of aromatic nitrogens is 1. The van der Waals surface area contributed by atoms with Gasteiger partial charge in [-0.15, -0.1) is 17.8 Å². The predicted octanol–water partition coefficient (Wildman–Crippen LogP) is 2.53. The molecule has 0 saturated carbocycles. The summed E-state index contributed by atoms with van der Waals surface area (Å²) in [4.78, 5) is 15.8. The van der Waals surface area contributed by atoms with E-state index in [1.54, 1.807) is 0 Å². The van der Waals surface area contributed by atoms with E-state index >= 15 is 0 Å². The van der Waals surface area contributed by atoms with Gasteiger partial charge in [-0.2, -0.15) is 0 Å². The minimum Gasteiger partial charge on any atom is -0.303 e. The van der Waals surface area contributed by atoms with Crippen LogP contribution in [0.3, 0.4) is 0 Å². The van der Waals surface area contributed by atoms with Crippen molar-refractivity contribution in [1.29, 1.82) is 0 Å². The molecule has 0 unspecified atom stereocenters. The first-order chi connectivity index (χ1) is 7.85. The van der Waals surface area contributed by atoms with Crippen molar-refractivity contribution in [3.05, 3.63) is 40.2 Å². The Kier molecular flexibility index (Phi) is 3.13. The van der Waals surface area contributed by atoms with E-state index in [1.807, 2.05) is 30.3 Å².